The van der Waals surface area contributed by atoms with Crippen LogP contribution in [0.4, 0.5) is 0 Å². The van der Waals surface area contributed by atoms with Gasteiger partial charge in [-0.3, -0.25) is 0 Å². The molecule has 1 atom stereocenters. The summed E-state index contributed by atoms with van der Waals surface area (Å²) in [5, 5.41) is 13.2. The van der Waals surface area contributed by atoms with Gasteiger partial charge < -0.3 is 15.3 Å². The number of rotatable bonds is 6. The molecule has 0 aromatic heterocycles. The summed E-state index contributed by atoms with van der Waals surface area (Å²) in [5.41, 5.74) is 0. The summed E-state index contributed by atoms with van der Waals surface area (Å²) in [6, 6.07) is 1.25. The normalized spacial score (nSPS) is 27.7. The minimum Gasteiger partial charge on any atom is -0.393 e. The first-order chi connectivity index (χ1) is 7.99. The number of aliphatic hydroxyl groups is 1. The van der Waals surface area contributed by atoms with Gasteiger partial charge in [0.25, 0.3) is 0 Å². The summed E-state index contributed by atoms with van der Waals surface area (Å²) in [6.45, 7) is 5.65. The van der Waals surface area contributed by atoms with E-state index in [9.17, 15) is 5.11 Å². The van der Waals surface area contributed by atoms with E-state index in [0.717, 1.165) is 38.1 Å². The Morgan fingerprint density at radius 3 is 2.24 bits per heavy atom. The third-order valence-electron chi connectivity index (χ3n) is 3.81. The molecule has 0 spiro atoms. The Morgan fingerprint density at radius 2 is 1.76 bits per heavy atom. The lowest BCUT2D eigenvalue weighted by atomic mass is 9.92. The van der Waals surface area contributed by atoms with Crippen LogP contribution in [0.15, 0.2) is 0 Å². The van der Waals surface area contributed by atoms with Gasteiger partial charge in [-0.25, -0.2) is 0 Å². The molecule has 0 aromatic rings. The van der Waals surface area contributed by atoms with Gasteiger partial charge in [0.15, 0.2) is 0 Å². The van der Waals surface area contributed by atoms with Gasteiger partial charge in [-0.15, -0.1) is 0 Å². The van der Waals surface area contributed by atoms with E-state index in [4.69, 9.17) is 0 Å². The van der Waals surface area contributed by atoms with Crippen molar-refractivity contribution in [3.63, 3.8) is 0 Å². The molecular weight excluding hydrogens is 212 g/mol. The van der Waals surface area contributed by atoms with E-state index in [1.807, 2.05) is 0 Å². The van der Waals surface area contributed by atoms with Gasteiger partial charge in [0.2, 0.25) is 0 Å². The van der Waals surface area contributed by atoms with Gasteiger partial charge in [0.05, 0.1) is 6.10 Å². The lowest BCUT2D eigenvalue weighted by molar-refractivity contribution is 0.114. The SMILES string of the molecule is CC(C)CC(CNC1CCC(O)CC1)N(C)C. The molecule has 1 unspecified atom stereocenters. The summed E-state index contributed by atoms with van der Waals surface area (Å²) in [4.78, 5) is 2.32. The third-order valence-corrected chi connectivity index (χ3v) is 3.81. The molecule has 1 aliphatic carbocycles. The maximum atomic E-state index is 9.48. The second kappa shape index (κ2) is 7.34. The van der Waals surface area contributed by atoms with E-state index >= 15 is 0 Å². The number of hydrogen-bond acceptors (Lipinski definition) is 3. The highest BCUT2D eigenvalue weighted by molar-refractivity contribution is 4.79. The first kappa shape index (κ1) is 14.9. The first-order valence-corrected chi connectivity index (χ1v) is 7.07. The lowest BCUT2D eigenvalue weighted by Crippen LogP contribution is -2.44. The van der Waals surface area contributed by atoms with Crippen molar-refractivity contribution in [3.05, 3.63) is 0 Å². The topological polar surface area (TPSA) is 35.5 Å². The molecule has 1 rings (SSSR count). The van der Waals surface area contributed by atoms with Crippen LogP contribution in [0.2, 0.25) is 0 Å². The van der Waals surface area contributed by atoms with Crippen LogP contribution in [0.5, 0.6) is 0 Å². The van der Waals surface area contributed by atoms with E-state index in [1.54, 1.807) is 0 Å². The van der Waals surface area contributed by atoms with Crippen LogP contribution in [0, 0.1) is 5.92 Å². The highest BCUT2D eigenvalue weighted by atomic mass is 16.3. The van der Waals surface area contributed by atoms with Crippen molar-refractivity contribution < 1.29 is 5.11 Å². The zero-order valence-electron chi connectivity index (χ0n) is 11.9. The predicted octanol–water partition coefficient (Wildman–Crippen LogP) is 1.86. The summed E-state index contributed by atoms with van der Waals surface area (Å²) >= 11 is 0. The van der Waals surface area contributed by atoms with E-state index < -0.39 is 0 Å². The summed E-state index contributed by atoms with van der Waals surface area (Å²) < 4.78 is 0. The number of likely N-dealkylation sites (N-methyl/N-ethyl adjacent to an activating group) is 1. The Morgan fingerprint density at radius 1 is 1.18 bits per heavy atom. The van der Waals surface area contributed by atoms with Crippen molar-refractivity contribution in [3.8, 4) is 0 Å². The highest BCUT2D eigenvalue weighted by Gasteiger charge is 2.20. The van der Waals surface area contributed by atoms with Gasteiger partial charge in [-0.2, -0.15) is 0 Å². The van der Waals surface area contributed by atoms with E-state index in [0.29, 0.717) is 12.1 Å². The fraction of sp³-hybridized carbons (Fsp3) is 1.00. The molecule has 1 aliphatic rings. The average Bonchev–Trinajstić information content (AvgIpc) is 2.25. The zero-order chi connectivity index (χ0) is 12.8. The number of aliphatic hydroxyl groups excluding tert-OH is 1. The quantitative estimate of drug-likeness (QED) is 0.746. The molecule has 0 amide bonds. The van der Waals surface area contributed by atoms with Crippen LogP contribution in [0.1, 0.15) is 46.0 Å². The summed E-state index contributed by atoms with van der Waals surface area (Å²) in [7, 11) is 4.33. The van der Waals surface area contributed by atoms with Crippen LogP contribution in [-0.4, -0.2) is 48.8 Å². The third kappa shape index (κ3) is 5.84. The largest absolute Gasteiger partial charge is 0.393 e. The molecular formula is C14H30N2O. The van der Waals surface area contributed by atoms with Crippen LogP contribution in [0.3, 0.4) is 0 Å². The number of nitrogens with zero attached hydrogens (tertiary/aromatic N) is 1. The highest BCUT2D eigenvalue weighted by Crippen LogP contribution is 2.18. The molecule has 1 fully saturated rings. The van der Waals surface area contributed by atoms with E-state index in [2.05, 4.69) is 38.2 Å². The molecule has 0 heterocycles. The first-order valence-electron chi connectivity index (χ1n) is 7.07. The monoisotopic (exact) mass is 242 g/mol. The van der Waals surface area contributed by atoms with Crippen molar-refractivity contribution in [2.45, 2.75) is 64.1 Å². The van der Waals surface area contributed by atoms with Crippen LogP contribution in [-0.2, 0) is 0 Å². The van der Waals surface area contributed by atoms with Gasteiger partial charge >= 0.3 is 0 Å². The molecule has 2 N–H and O–H groups in total. The number of hydrogen-bond donors (Lipinski definition) is 2. The minimum absolute atomic E-state index is 0.0478. The molecule has 0 saturated heterocycles. The summed E-state index contributed by atoms with van der Waals surface area (Å²) in [6.07, 6.45) is 5.39. The van der Waals surface area contributed by atoms with Crippen LogP contribution in [0.25, 0.3) is 0 Å². The van der Waals surface area contributed by atoms with Crippen molar-refractivity contribution in [1.82, 2.24) is 10.2 Å². The van der Waals surface area contributed by atoms with Gasteiger partial charge in [-0.1, -0.05) is 13.8 Å². The van der Waals surface area contributed by atoms with Crippen LogP contribution >= 0.6 is 0 Å². The van der Waals surface area contributed by atoms with Crippen molar-refractivity contribution in [2.24, 2.45) is 5.92 Å². The Balaban J connectivity index is 2.26. The predicted molar refractivity (Wildman–Crippen MR) is 73.2 cm³/mol. The van der Waals surface area contributed by atoms with Crippen molar-refractivity contribution in [1.29, 1.82) is 0 Å². The molecule has 0 radical (unpaired) electrons. The molecule has 17 heavy (non-hydrogen) atoms. The number of nitrogens with one attached hydrogen (secondary N) is 1. The molecule has 3 heteroatoms. The Hall–Kier alpha value is -0.120. The van der Waals surface area contributed by atoms with Gasteiger partial charge in [0.1, 0.15) is 0 Å². The Labute approximate surface area is 107 Å². The lowest BCUT2D eigenvalue weighted by Gasteiger charge is -2.31. The van der Waals surface area contributed by atoms with E-state index in [-0.39, 0.29) is 6.10 Å². The minimum atomic E-state index is -0.0478. The summed E-state index contributed by atoms with van der Waals surface area (Å²) in [5.74, 6) is 0.748. The molecule has 3 nitrogen and oxygen atoms in total. The smallest absolute Gasteiger partial charge is 0.0541 e. The Bertz CT molecular complexity index is 198. The molecule has 0 aromatic carbocycles. The molecule has 0 bridgehead atoms. The fourth-order valence-corrected chi connectivity index (χ4v) is 2.60. The Kier molecular flexibility index (Phi) is 6.45. The van der Waals surface area contributed by atoms with Gasteiger partial charge in [0, 0.05) is 18.6 Å². The van der Waals surface area contributed by atoms with Crippen molar-refractivity contribution >= 4 is 0 Å². The second-order valence-electron chi connectivity index (χ2n) is 6.16. The zero-order valence-corrected chi connectivity index (χ0v) is 11.9. The second-order valence-corrected chi connectivity index (χ2v) is 6.16. The van der Waals surface area contributed by atoms with E-state index in [1.165, 1.54) is 6.42 Å². The molecule has 1 saturated carbocycles. The molecule has 102 valence electrons. The molecule has 0 aliphatic heterocycles. The van der Waals surface area contributed by atoms with Crippen molar-refractivity contribution in [2.75, 3.05) is 20.6 Å². The standard InChI is InChI=1S/C14H30N2O/c1-11(2)9-13(16(3)4)10-15-12-5-7-14(17)8-6-12/h11-15,17H,5-10H2,1-4H3. The van der Waals surface area contributed by atoms with Crippen LogP contribution < -0.4 is 5.32 Å². The average molecular weight is 242 g/mol. The maximum absolute atomic E-state index is 9.48. The fourth-order valence-electron chi connectivity index (χ4n) is 2.60. The maximum Gasteiger partial charge on any atom is 0.0541 e. The van der Waals surface area contributed by atoms with Gasteiger partial charge in [-0.05, 0) is 52.1 Å².